The molecule has 2 aromatic rings. The predicted molar refractivity (Wildman–Crippen MR) is 95.7 cm³/mol. The molecule has 2 aliphatic rings. The summed E-state index contributed by atoms with van der Waals surface area (Å²) in [6, 6.07) is 0. The molecule has 26 heavy (non-hydrogen) atoms. The molecule has 4 rings (SSSR count). The van der Waals surface area contributed by atoms with E-state index in [0.29, 0.717) is 5.92 Å². The molecule has 0 radical (unpaired) electrons. The molecule has 142 valence electrons. The number of rotatable bonds is 5. The molecule has 2 aromatic heterocycles. The third-order valence-electron chi connectivity index (χ3n) is 6.12. The van der Waals surface area contributed by atoms with Crippen molar-refractivity contribution in [3.63, 3.8) is 0 Å². The second kappa shape index (κ2) is 7.47. The summed E-state index contributed by atoms with van der Waals surface area (Å²) in [6.45, 7) is 5.82. The summed E-state index contributed by atoms with van der Waals surface area (Å²) in [5, 5.41) is 11.6. The number of halogens is 1. The molecule has 2 fully saturated rings. The number of H-pyrrole nitrogens is 1. The molecular formula is C19H28FN5O. The van der Waals surface area contributed by atoms with Crippen molar-refractivity contribution in [2.24, 2.45) is 5.92 Å². The van der Waals surface area contributed by atoms with Crippen LogP contribution >= 0.6 is 0 Å². The van der Waals surface area contributed by atoms with Crippen LogP contribution in [0.25, 0.3) is 0 Å². The molecule has 6 nitrogen and oxygen atoms in total. The minimum atomic E-state index is -0.331. The lowest BCUT2D eigenvalue weighted by Crippen LogP contribution is -2.21. The fourth-order valence-electron chi connectivity index (χ4n) is 4.50. The molecule has 2 atom stereocenters. The molecule has 1 saturated heterocycles. The summed E-state index contributed by atoms with van der Waals surface area (Å²) in [5.41, 5.74) is 2.03. The summed E-state index contributed by atoms with van der Waals surface area (Å²) >= 11 is 0. The SMILES string of the molecule is Cc1noc(C)c1CN1C[C@@H](CF)[C@H](c2nc(C3CCCCC3)n[nH]2)C1. The van der Waals surface area contributed by atoms with E-state index in [2.05, 4.69) is 20.3 Å². The van der Waals surface area contributed by atoms with Crippen LogP contribution in [0.5, 0.6) is 0 Å². The van der Waals surface area contributed by atoms with Gasteiger partial charge in [0, 0.05) is 43.0 Å². The molecule has 3 heterocycles. The van der Waals surface area contributed by atoms with Crippen molar-refractivity contribution in [1.29, 1.82) is 0 Å². The van der Waals surface area contributed by atoms with Crippen molar-refractivity contribution in [2.75, 3.05) is 19.8 Å². The first-order chi connectivity index (χ1) is 12.7. The summed E-state index contributed by atoms with van der Waals surface area (Å²) in [6.07, 6.45) is 6.18. The number of aryl methyl sites for hydroxylation is 2. The Morgan fingerprint density at radius 1 is 1.19 bits per heavy atom. The summed E-state index contributed by atoms with van der Waals surface area (Å²) in [5.74, 6) is 3.14. The Morgan fingerprint density at radius 3 is 2.69 bits per heavy atom. The van der Waals surface area contributed by atoms with E-state index in [4.69, 9.17) is 9.51 Å². The Morgan fingerprint density at radius 2 is 2.00 bits per heavy atom. The highest BCUT2D eigenvalue weighted by molar-refractivity contribution is 5.21. The second-order valence-electron chi connectivity index (χ2n) is 7.93. The molecule has 1 saturated carbocycles. The van der Waals surface area contributed by atoms with Crippen molar-refractivity contribution in [2.45, 2.75) is 64.3 Å². The normalized spacial score (nSPS) is 25.2. The molecule has 7 heteroatoms. The molecule has 0 aromatic carbocycles. The Bertz CT molecular complexity index is 717. The van der Waals surface area contributed by atoms with Gasteiger partial charge in [0.05, 0.1) is 12.4 Å². The minimum Gasteiger partial charge on any atom is -0.361 e. The van der Waals surface area contributed by atoms with Gasteiger partial charge in [-0.1, -0.05) is 24.4 Å². The van der Waals surface area contributed by atoms with Gasteiger partial charge in [-0.05, 0) is 26.7 Å². The van der Waals surface area contributed by atoms with Crippen LogP contribution in [0.2, 0.25) is 0 Å². The fourth-order valence-corrected chi connectivity index (χ4v) is 4.50. The van der Waals surface area contributed by atoms with Gasteiger partial charge in [0.25, 0.3) is 0 Å². The zero-order valence-corrected chi connectivity index (χ0v) is 15.7. The van der Waals surface area contributed by atoms with Crippen LogP contribution in [0.3, 0.4) is 0 Å². The topological polar surface area (TPSA) is 70.8 Å². The molecule has 1 N–H and O–H groups in total. The summed E-state index contributed by atoms with van der Waals surface area (Å²) < 4.78 is 18.9. The first kappa shape index (κ1) is 17.6. The van der Waals surface area contributed by atoms with E-state index in [1.54, 1.807) is 0 Å². The van der Waals surface area contributed by atoms with Crippen molar-refractivity contribution in [1.82, 2.24) is 25.2 Å². The van der Waals surface area contributed by atoms with Crippen molar-refractivity contribution in [3.05, 3.63) is 28.7 Å². The Kier molecular flexibility index (Phi) is 5.07. The van der Waals surface area contributed by atoms with Crippen LogP contribution in [-0.2, 0) is 6.54 Å². The first-order valence-corrected chi connectivity index (χ1v) is 9.78. The van der Waals surface area contributed by atoms with Crippen LogP contribution in [-0.4, -0.2) is 45.0 Å². The van der Waals surface area contributed by atoms with Crippen molar-refractivity contribution >= 4 is 0 Å². The Labute approximate surface area is 153 Å². The van der Waals surface area contributed by atoms with Crippen LogP contribution in [0.1, 0.15) is 72.6 Å². The summed E-state index contributed by atoms with van der Waals surface area (Å²) in [7, 11) is 0. The maximum absolute atomic E-state index is 13.7. The van der Waals surface area contributed by atoms with E-state index in [0.717, 1.165) is 48.3 Å². The van der Waals surface area contributed by atoms with Gasteiger partial charge in [0.1, 0.15) is 11.6 Å². The average molecular weight is 361 g/mol. The molecular weight excluding hydrogens is 333 g/mol. The lowest BCUT2D eigenvalue weighted by Gasteiger charge is -2.18. The van der Waals surface area contributed by atoms with Gasteiger partial charge < -0.3 is 4.52 Å². The quantitative estimate of drug-likeness (QED) is 0.880. The van der Waals surface area contributed by atoms with Crippen molar-refractivity contribution in [3.8, 4) is 0 Å². The van der Waals surface area contributed by atoms with Crippen molar-refractivity contribution < 1.29 is 8.91 Å². The van der Waals surface area contributed by atoms with Gasteiger partial charge in [0.2, 0.25) is 0 Å². The van der Waals surface area contributed by atoms with Crippen LogP contribution in [0.4, 0.5) is 4.39 Å². The maximum Gasteiger partial charge on any atom is 0.153 e. The lowest BCUT2D eigenvalue weighted by molar-refractivity contribution is 0.293. The van der Waals surface area contributed by atoms with E-state index >= 15 is 0 Å². The third-order valence-corrected chi connectivity index (χ3v) is 6.12. The number of nitrogens with one attached hydrogen (secondary N) is 1. The highest BCUT2D eigenvalue weighted by atomic mass is 19.1. The second-order valence-corrected chi connectivity index (χ2v) is 7.93. The number of hydrogen-bond donors (Lipinski definition) is 1. The van der Waals surface area contributed by atoms with E-state index in [1.165, 1.54) is 32.1 Å². The van der Waals surface area contributed by atoms with Gasteiger partial charge in [-0.3, -0.25) is 14.4 Å². The minimum absolute atomic E-state index is 0.0392. The number of likely N-dealkylation sites (tertiary alicyclic amines) is 1. The van der Waals surface area contributed by atoms with Gasteiger partial charge in [0.15, 0.2) is 5.82 Å². The Balaban J connectivity index is 1.47. The zero-order valence-electron chi connectivity index (χ0n) is 15.7. The lowest BCUT2D eigenvalue weighted by atomic mass is 9.89. The number of nitrogens with zero attached hydrogens (tertiary/aromatic N) is 4. The van der Waals surface area contributed by atoms with E-state index in [9.17, 15) is 4.39 Å². The standard InChI is InChI=1S/C19H28FN5O/c1-12-16(13(2)26-24-12)10-25-9-15(8-20)17(11-25)19-21-18(22-23-19)14-6-4-3-5-7-14/h14-15,17H,3-11H2,1-2H3,(H,21,22,23)/t15-,17-/m1/s1. The smallest absolute Gasteiger partial charge is 0.153 e. The predicted octanol–water partition coefficient (Wildman–Crippen LogP) is 3.64. The molecule has 0 amide bonds. The number of alkyl halides is 1. The maximum atomic E-state index is 13.7. The number of hydrogen-bond acceptors (Lipinski definition) is 5. The van der Waals surface area contributed by atoms with Gasteiger partial charge in [-0.25, -0.2) is 4.98 Å². The van der Waals surface area contributed by atoms with Crippen LogP contribution in [0, 0.1) is 19.8 Å². The highest BCUT2D eigenvalue weighted by Crippen LogP contribution is 2.35. The van der Waals surface area contributed by atoms with Gasteiger partial charge in [-0.15, -0.1) is 0 Å². The number of aromatic nitrogens is 4. The zero-order chi connectivity index (χ0) is 18.1. The fraction of sp³-hybridized carbons (Fsp3) is 0.737. The molecule has 0 unspecified atom stereocenters. The number of aromatic amines is 1. The Hall–Kier alpha value is -1.76. The summed E-state index contributed by atoms with van der Waals surface area (Å²) in [4.78, 5) is 7.07. The van der Waals surface area contributed by atoms with Gasteiger partial charge >= 0.3 is 0 Å². The largest absolute Gasteiger partial charge is 0.361 e. The molecule has 0 spiro atoms. The first-order valence-electron chi connectivity index (χ1n) is 9.78. The molecule has 1 aliphatic heterocycles. The average Bonchev–Trinajstić information content (AvgIpc) is 3.37. The van der Waals surface area contributed by atoms with Crippen LogP contribution in [0.15, 0.2) is 4.52 Å². The van der Waals surface area contributed by atoms with E-state index in [-0.39, 0.29) is 18.5 Å². The highest BCUT2D eigenvalue weighted by Gasteiger charge is 2.37. The molecule has 0 bridgehead atoms. The third kappa shape index (κ3) is 3.41. The monoisotopic (exact) mass is 361 g/mol. The van der Waals surface area contributed by atoms with E-state index in [1.807, 2.05) is 13.8 Å². The molecule has 1 aliphatic carbocycles. The van der Waals surface area contributed by atoms with E-state index < -0.39 is 0 Å². The van der Waals surface area contributed by atoms with Gasteiger partial charge in [-0.2, -0.15) is 5.10 Å². The van der Waals surface area contributed by atoms with Crippen LogP contribution < -0.4 is 0 Å².